The van der Waals surface area contributed by atoms with Crippen molar-refractivity contribution in [2.75, 3.05) is 0 Å². The molecule has 3 heteroatoms. The third-order valence-electron chi connectivity index (χ3n) is 3.04. The molecule has 2 N–H and O–H groups in total. The van der Waals surface area contributed by atoms with Crippen molar-refractivity contribution in [3.63, 3.8) is 0 Å². The van der Waals surface area contributed by atoms with Gasteiger partial charge >= 0.3 is 0 Å². The normalized spacial score (nSPS) is 13.7. The van der Waals surface area contributed by atoms with Crippen LogP contribution in [0.5, 0.6) is 0 Å². The minimum atomic E-state index is -0.453. The number of aromatic nitrogens is 2. The lowest BCUT2D eigenvalue weighted by atomic mass is 10.1. The van der Waals surface area contributed by atoms with Gasteiger partial charge in [0.1, 0.15) is 5.66 Å². The third kappa shape index (κ3) is 1.21. The largest absolute Gasteiger partial charge is 0.308 e. The molecule has 2 aromatic rings. The predicted molar refractivity (Wildman–Crippen MR) is 64.0 cm³/mol. The maximum Gasteiger partial charge on any atom is 0.105 e. The van der Waals surface area contributed by atoms with Crippen molar-refractivity contribution in [2.45, 2.75) is 25.9 Å². The topological polar surface area (TPSA) is 43.8 Å². The number of benzene rings is 1. The van der Waals surface area contributed by atoms with Crippen molar-refractivity contribution in [1.82, 2.24) is 9.78 Å². The van der Waals surface area contributed by atoms with E-state index in [2.05, 4.69) is 29.4 Å². The Hall–Kier alpha value is -1.61. The quantitative estimate of drug-likeness (QED) is 0.672. The molecule has 0 saturated heterocycles. The van der Waals surface area contributed by atoms with Crippen molar-refractivity contribution in [2.24, 2.45) is 5.73 Å². The monoisotopic (exact) mass is 213 g/mol. The average molecular weight is 213 g/mol. The maximum atomic E-state index is 6.13. The van der Waals surface area contributed by atoms with Crippen LogP contribution >= 0.6 is 0 Å². The van der Waals surface area contributed by atoms with E-state index in [1.165, 1.54) is 22.4 Å². The summed E-state index contributed by atoms with van der Waals surface area (Å²) < 4.78 is 1.92. The summed E-state index contributed by atoms with van der Waals surface area (Å²) in [4.78, 5) is 0. The molecule has 3 nitrogen and oxygen atoms in total. The Balaban J connectivity index is 2.26. The van der Waals surface area contributed by atoms with Gasteiger partial charge in [-0.25, -0.2) is 4.68 Å². The van der Waals surface area contributed by atoms with Crippen molar-refractivity contribution in [1.29, 1.82) is 0 Å². The molecule has 82 valence electrons. The molecule has 0 amide bonds. The fourth-order valence-electron chi connectivity index (χ4n) is 2.35. The molecule has 0 aliphatic heterocycles. The highest BCUT2D eigenvalue weighted by atomic mass is 15.4. The van der Waals surface area contributed by atoms with Crippen molar-refractivity contribution < 1.29 is 0 Å². The van der Waals surface area contributed by atoms with Gasteiger partial charge in [-0.2, -0.15) is 5.10 Å². The lowest BCUT2D eigenvalue weighted by Gasteiger charge is -2.22. The summed E-state index contributed by atoms with van der Waals surface area (Å²) in [7, 11) is 0. The molecule has 1 aliphatic rings. The maximum absolute atomic E-state index is 6.13. The second-order valence-electron chi connectivity index (χ2n) is 4.92. The van der Waals surface area contributed by atoms with E-state index in [9.17, 15) is 0 Å². The van der Waals surface area contributed by atoms with Gasteiger partial charge < -0.3 is 5.73 Å². The van der Waals surface area contributed by atoms with Gasteiger partial charge in [0.15, 0.2) is 0 Å². The van der Waals surface area contributed by atoms with Gasteiger partial charge in [0.2, 0.25) is 0 Å². The number of hydrogen-bond donors (Lipinski definition) is 1. The molecule has 0 bridgehead atoms. The SMILES string of the molecule is CC(C)(N)n1ncc2c1-c1ccccc1C2. The highest BCUT2D eigenvalue weighted by Gasteiger charge is 2.27. The van der Waals surface area contributed by atoms with Crippen LogP contribution in [-0.4, -0.2) is 9.78 Å². The number of nitrogens with two attached hydrogens (primary N) is 1. The summed E-state index contributed by atoms with van der Waals surface area (Å²) in [5.74, 6) is 0. The van der Waals surface area contributed by atoms with E-state index in [0.717, 1.165) is 6.42 Å². The predicted octanol–water partition coefficient (Wildman–Crippen LogP) is 2.11. The number of hydrogen-bond acceptors (Lipinski definition) is 2. The van der Waals surface area contributed by atoms with Gasteiger partial charge in [0.05, 0.1) is 11.9 Å². The molecular formula is C13H15N3. The van der Waals surface area contributed by atoms with Crippen LogP contribution in [0.3, 0.4) is 0 Å². The standard InChI is InChI=1S/C13H15N3/c1-13(2,14)16-12-10(8-15-16)7-9-5-3-4-6-11(9)12/h3-6,8H,7,14H2,1-2H3. The van der Waals surface area contributed by atoms with Crippen LogP contribution in [0.15, 0.2) is 30.5 Å². The average Bonchev–Trinajstić information content (AvgIpc) is 2.73. The van der Waals surface area contributed by atoms with Gasteiger partial charge in [-0.3, -0.25) is 0 Å². The molecule has 0 saturated carbocycles. The zero-order valence-electron chi connectivity index (χ0n) is 9.57. The van der Waals surface area contributed by atoms with Crippen molar-refractivity contribution in [3.8, 4) is 11.3 Å². The lowest BCUT2D eigenvalue weighted by molar-refractivity contribution is 0.337. The summed E-state index contributed by atoms with van der Waals surface area (Å²) in [6.07, 6.45) is 2.91. The van der Waals surface area contributed by atoms with Crippen LogP contribution in [-0.2, 0) is 12.1 Å². The van der Waals surface area contributed by atoms with Crippen LogP contribution in [0.1, 0.15) is 25.0 Å². The van der Waals surface area contributed by atoms with Crippen LogP contribution in [0.4, 0.5) is 0 Å². The summed E-state index contributed by atoms with van der Waals surface area (Å²) in [5, 5.41) is 4.40. The Labute approximate surface area is 94.9 Å². The van der Waals surface area contributed by atoms with Crippen LogP contribution in [0, 0.1) is 0 Å². The molecule has 1 heterocycles. The van der Waals surface area contributed by atoms with Crippen LogP contribution < -0.4 is 5.73 Å². The number of fused-ring (bicyclic) bond motifs is 3. The minimum Gasteiger partial charge on any atom is -0.308 e. The first-order valence-electron chi connectivity index (χ1n) is 5.52. The fraction of sp³-hybridized carbons (Fsp3) is 0.308. The zero-order chi connectivity index (χ0) is 11.3. The van der Waals surface area contributed by atoms with Crippen molar-refractivity contribution >= 4 is 0 Å². The van der Waals surface area contributed by atoms with Gasteiger partial charge in [-0.1, -0.05) is 24.3 Å². The summed E-state index contributed by atoms with van der Waals surface area (Å²) in [6, 6.07) is 8.46. The summed E-state index contributed by atoms with van der Waals surface area (Å²) >= 11 is 0. The highest BCUT2D eigenvalue weighted by molar-refractivity contribution is 5.73. The Morgan fingerprint density at radius 1 is 1.25 bits per heavy atom. The number of rotatable bonds is 1. The molecule has 3 rings (SSSR count). The van der Waals surface area contributed by atoms with E-state index in [1.54, 1.807) is 0 Å². The van der Waals surface area contributed by atoms with E-state index in [-0.39, 0.29) is 0 Å². The van der Waals surface area contributed by atoms with Gasteiger partial charge in [-0.15, -0.1) is 0 Å². The molecule has 0 fully saturated rings. The van der Waals surface area contributed by atoms with E-state index >= 15 is 0 Å². The first-order valence-corrected chi connectivity index (χ1v) is 5.52. The Kier molecular flexibility index (Phi) is 1.77. The van der Waals surface area contributed by atoms with Crippen molar-refractivity contribution in [3.05, 3.63) is 41.6 Å². The Morgan fingerprint density at radius 3 is 2.75 bits per heavy atom. The van der Waals surface area contributed by atoms with E-state index < -0.39 is 5.66 Å². The molecule has 16 heavy (non-hydrogen) atoms. The Bertz CT molecular complexity index is 547. The third-order valence-corrected chi connectivity index (χ3v) is 3.04. The minimum absolute atomic E-state index is 0.453. The lowest BCUT2D eigenvalue weighted by Crippen LogP contribution is -2.37. The molecule has 1 aliphatic carbocycles. The molecule has 0 unspecified atom stereocenters. The summed E-state index contributed by atoms with van der Waals surface area (Å²) in [5.41, 5.74) is 10.8. The van der Waals surface area contributed by atoms with Gasteiger partial charge in [0, 0.05) is 17.5 Å². The first-order chi connectivity index (χ1) is 7.57. The second kappa shape index (κ2) is 2.95. The van der Waals surface area contributed by atoms with E-state index in [4.69, 9.17) is 5.73 Å². The van der Waals surface area contributed by atoms with Crippen LogP contribution in [0.2, 0.25) is 0 Å². The molecule has 1 aromatic heterocycles. The second-order valence-corrected chi connectivity index (χ2v) is 4.92. The molecule has 0 radical (unpaired) electrons. The molecule has 0 spiro atoms. The Morgan fingerprint density at radius 2 is 2.00 bits per heavy atom. The first kappa shape index (κ1) is 9.60. The fourth-order valence-corrected chi connectivity index (χ4v) is 2.35. The molecule has 0 atom stereocenters. The number of nitrogens with zero attached hydrogens (tertiary/aromatic N) is 2. The van der Waals surface area contributed by atoms with Crippen LogP contribution in [0.25, 0.3) is 11.3 Å². The highest BCUT2D eigenvalue weighted by Crippen LogP contribution is 2.37. The zero-order valence-corrected chi connectivity index (χ0v) is 9.57. The summed E-state index contributed by atoms with van der Waals surface area (Å²) in [6.45, 7) is 3.95. The van der Waals surface area contributed by atoms with E-state index in [0.29, 0.717) is 0 Å². The van der Waals surface area contributed by atoms with Gasteiger partial charge in [0.25, 0.3) is 0 Å². The smallest absolute Gasteiger partial charge is 0.105 e. The van der Waals surface area contributed by atoms with Gasteiger partial charge in [-0.05, 0) is 19.4 Å². The molecular weight excluding hydrogens is 198 g/mol. The van der Waals surface area contributed by atoms with E-state index in [1.807, 2.05) is 24.7 Å². The molecule has 1 aromatic carbocycles.